The Balaban J connectivity index is 1.11. The van der Waals surface area contributed by atoms with Gasteiger partial charge in [0.2, 0.25) is 11.8 Å². The van der Waals surface area contributed by atoms with Gasteiger partial charge in [0.05, 0.1) is 10.9 Å². The Hall–Kier alpha value is -3.67. The Morgan fingerprint density at radius 2 is 1.65 bits per heavy atom. The van der Waals surface area contributed by atoms with E-state index in [2.05, 4.69) is 10.2 Å². The van der Waals surface area contributed by atoms with Crippen molar-refractivity contribution in [2.75, 3.05) is 64.3 Å². The molecule has 11 nitrogen and oxygen atoms in total. The molecule has 0 saturated carbocycles. The van der Waals surface area contributed by atoms with Crippen LogP contribution in [0.1, 0.15) is 55.7 Å². The molecule has 4 amide bonds. The van der Waals surface area contributed by atoms with Gasteiger partial charge in [-0.2, -0.15) is 0 Å². The molecule has 1 N–H and O–H groups in total. The molecule has 6 rings (SSSR count). The largest absolute Gasteiger partial charge is 0.425 e. The minimum atomic E-state index is -0.565. The number of nitrogens with one attached hydrogen (secondary N) is 1. The number of amides is 4. The van der Waals surface area contributed by atoms with Crippen molar-refractivity contribution in [1.29, 1.82) is 0 Å². The second-order valence-electron chi connectivity index (χ2n) is 13.8. The SMILES string of the molecule is CC(=O)Oc1c(C)cc(C[C@@H](CC(=O)N2CCC(N3CCc4ccccc4NC3=O)CC2)C(=O)N2CCN(C3CCOCC3)CC2)cc1Cl. The quantitative estimate of drug-likeness (QED) is 0.320. The van der Waals surface area contributed by atoms with Crippen molar-refractivity contribution in [2.24, 2.45) is 5.92 Å². The van der Waals surface area contributed by atoms with Crippen molar-refractivity contribution in [1.82, 2.24) is 19.6 Å². The first-order chi connectivity index (χ1) is 23.7. The normalized spacial score (nSPS) is 20.3. The van der Waals surface area contributed by atoms with Crippen molar-refractivity contribution in [3.63, 3.8) is 0 Å². The van der Waals surface area contributed by atoms with Gasteiger partial charge in [0.1, 0.15) is 0 Å². The number of benzene rings is 2. The van der Waals surface area contributed by atoms with Crippen LogP contribution in [0.3, 0.4) is 0 Å². The summed E-state index contributed by atoms with van der Waals surface area (Å²) in [6.07, 6.45) is 4.63. The summed E-state index contributed by atoms with van der Waals surface area (Å²) < 4.78 is 10.9. The summed E-state index contributed by atoms with van der Waals surface area (Å²) in [4.78, 5) is 60.9. The number of aryl methyl sites for hydroxylation is 1. The number of anilines is 1. The van der Waals surface area contributed by atoms with Gasteiger partial charge in [-0.05, 0) is 74.3 Å². The van der Waals surface area contributed by atoms with Crippen LogP contribution in [0.25, 0.3) is 0 Å². The summed E-state index contributed by atoms with van der Waals surface area (Å²) in [5, 5.41) is 3.36. The first kappa shape index (κ1) is 35.2. The van der Waals surface area contributed by atoms with E-state index in [1.54, 1.807) is 6.07 Å². The van der Waals surface area contributed by atoms with Crippen molar-refractivity contribution in [3.8, 4) is 5.75 Å². The van der Waals surface area contributed by atoms with Crippen LogP contribution in [-0.2, 0) is 32.0 Å². The number of carbonyl (C=O) groups is 4. The molecular formula is C37H48ClN5O6. The summed E-state index contributed by atoms with van der Waals surface area (Å²) in [6, 6.07) is 12.0. The molecule has 4 aliphatic heterocycles. The van der Waals surface area contributed by atoms with Gasteiger partial charge in [-0.1, -0.05) is 35.9 Å². The molecule has 0 aromatic heterocycles. The molecule has 264 valence electrons. The molecule has 0 radical (unpaired) electrons. The lowest BCUT2D eigenvalue weighted by Crippen LogP contribution is -2.54. The van der Waals surface area contributed by atoms with Gasteiger partial charge in [-0.3, -0.25) is 19.3 Å². The van der Waals surface area contributed by atoms with Crippen molar-refractivity contribution < 1.29 is 28.7 Å². The Morgan fingerprint density at radius 3 is 2.35 bits per heavy atom. The first-order valence-electron chi connectivity index (χ1n) is 17.7. The van der Waals surface area contributed by atoms with Gasteiger partial charge in [-0.15, -0.1) is 0 Å². The van der Waals surface area contributed by atoms with E-state index in [-0.39, 0.29) is 30.3 Å². The van der Waals surface area contributed by atoms with Gasteiger partial charge in [0.25, 0.3) is 0 Å². The molecule has 1 atom stereocenters. The molecule has 4 aliphatic rings. The topological polar surface area (TPSA) is 112 Å². The lowest BCUT2D eigenvalue weighted by molar-refractivity contribution is -0.143. The Kier molecular flexibility index (Phi) is 11.4. The molecule has 0 spiro atoms. The number of esters is 1. The molecule has 2 aromatic rings. The second kappa shape index (κ2) is 15.9. The van der Waals surface area contributed by atoms with Crippen molar-refractivity contribution in [3.05, 3.63) is 58.1 Å². The summed E-state index contributed by atoms with van der Waals surface area (Å²) >= 11 is 6.54. The third-order valence-corrected chi connectivity index (χ3v) is 10.8. The van der Waals surface area contributed by atoms with Crippen LogP contribution >= 0.6 is 11.6 Å². The number of ether oxygens (including phenoxy) is 2. The number of rotatable bonds is 8. The van der Waals surface area contributed by atoms with Crippen molar-refractivity contribution >= 4 is 41.1 Å². The molecular weight excluding hydrogens is 646 g/mol. The molecule has 3 saturated heterocycles. The Morgan fingerprint density at radius 1 is 0.939 bits per heavy atom. The molecule has 49 heavy (non-hydrogen) atoms. The number of para-hydroxylation sites is 1. The van der Waals surface area contributed by atoms with E-state index >= 15 is 0 Å². The van der Waals surface area contributed by atoms with E-state index in [1.807, 2.05) is 52.0 Å². The predicted octanol–water partition coefficient (Wildman–Crippen LogP) is 4.53. The smallest absolute Gasteiger partial charge is 0.322 e. The van der Waals surface area contributed by atoms with E-state index in [1.165, 1.54) is 6.92 Å². The molecule has 0 unspecified atom stereocenters. The van der Waals surface area contributed by atoms with Gasteiger partial charge in [0.15, 0.2) is 5.75 Å². The van der Waals surface area contributed by atoms with E-state index < -0.39 is 11.9 Å². The van der Waals surface area contributed by atoms with E-state index in [4.69, 9.17) is 21.1 Å². The highest BCUT2D eigenvalue weighted by Crippen LogP contribution is 2.32. The fourth-order valence-electron chi connectivity index (χ4n) is 7.84. The molecule has 0 bridgehead atoms. The van der Waals surface area contributed by atoms with Crippen LogP contribution in [0.2, 0.25) is 5.02 Å². The molecule has 2 aromatic carbocycles. The number of likely N-dealkylation sites (tertiary alicyclic amines) is 1. The van der Waals surface area contributed by atoms with Gasteiger partial charge in [0, 0.05) is 90.1 Å². The summed E-state index contributed by atoms with van der Waals surface area (Å²) in [6.45, 7) is 9.28. The first-order valence-corrected chi connectivity index (χ1v) is 18.1. The Bertz CT molecular complexity index is 1510. The van der Waals surface area contributed by atoms with E-state index in [0.29, 0.717) is 74.4 Å². The number of hydrogen-bond donors (Lipinski definition) is 1. The minimum absolute atomic E-state index is 0.0199. The van der Waals surface area contributed by atoms with Gasteiger partial charge in [-0.25, -0.2) is 4.79 Å². The molecule has 3 fully saturated rings. The lowest BCUT2D eigenvalue weighted by atomic mass is 9.92. The number of piperazine rings is 1. The van der Waals surface area contributed by atoms with Gasteiger partial charge < -0.3 is 29.5 Å². The fourth-order valence-corrected chi connectivity index (χ4v) is 8.17. The summed E-state index contributed by atoms with van der Waals surface area (Å²) in [5.41, 5.74) is 3.50. The number of nitrogens with zero attached hydrogens (tertiary/aromatic N) is 4. The van der Waals surface area contributed by atoms with E-state index in [9.17, 15) is 19.2 Å². The predicted molar refractivity (Wildman–Crippen MR) is 187 cm³/mol. The van der Waals surface area contributed by atoms with Crippen LogP contribution in [0, 0.1) is 12.8 Å². The van der Waals surface area contributed by atoms with Crippen LogP contribution in [0.15, 0.2) is 36.4 Å². The second-order valence-corrected chi connectivity index (χ2v) is 14.2. The third-order valence-electron chi connectivity index (χ3n) is 10.5. The average molecular weight is 694 g/mol. The molecule has 12 heteroatoms. The number of halogens is 1. The highest BCUT2D eigenvalue weighted by Gasteiger charge is 2.35. The van der Waals surface area contributed by atoms with Crippen LogP contribution in [-0.4, -0.2) is 115 Å². The fraction of sp³-hybridized carbons (Fsp3) is 0.568. The number of carbonyl (C=O) groups excluding carboxylic acids is 4. The van der Waals surface area contributed by atoms with Crippen LogP contribution < -0.4 is 10.1 Å². The monoisotopic (exact) mass is 693 g/mol. The Labute approximate surface area is 293 Å². The zero-order chi connectivity index (χ0) is 34.5. The molecule has 0 aliphatic carbocycles. The number of hydrogen-bond acceptors (Lipinski definition) is 7. The highest BCUT2D eigenvalue weighted by molar-refractivity contribution is 6.32. The maximum atomic E-state index is 14.2. The lowest BCUT2D eigenvalue weighted by Gasteiger charge is -2.41. The maximum absolute atomic E-state index is 14.2. The summed E-state index contributed by atoms with van der Waals surface area (Å²) in [5.74, 6) is -0.782. The van der Waals surface area contributed by atoms with Crippen molar-refractivity contribution in [2.45, 2.75) is 70.9 Å². The molecule has 4 heterocycles. The maximum Gasteiger partial charge on any atom is 0.322 e. The highest BCUT2D eigenvalue weighted by atomic mass is 35.5. The average Bonchev–Trinajstić information content (AvgIpc) is 3.27. The minimum Gasteiger partial charge on any atom is -0.425 e. The summed E-state index contributed by atoms with van der Waals surface area (Å²) in [7, 11) is 0. The van der Waals surface area contributed by atoms with Crippen LogP contribution in [0.4, 0.5) is 10.5 Å². The number of piperidine rings is 1. The van der Waals surface area contributed by atoms with Gasteiger partial charge >= 0.3 is 12.0 Å². The van der Waals surface area contributed by atoms with E-state index in [0.717, 1.165) is 62.4 Å². The zero-order valence-electron chi connectivity index (χ0n) is 28.6. The van der Waals surface area contributed by atoms with Crippen LogP contribution in [0.5, 0.6) is 5.75 Å². The zero-order valence-corrected chi connectivity index (χ0v) is 29.4. The number of urea groups is 1. The third kappa shape index (κ3) is 8.56. The number of fused-ring (bicyclic) bond motifs is 1. The standard InChI is InChI=1S/C37H48ClN5O6/c1-25-21-27(23-32(38)35(25)49-26(2)44)22-29(36(46)42-17-15-40(16-18-42)30-10-19-48-20-11-30)24-34(45)41-12-8-31(9-13-41)43-14-7-28-5-3-4-6-33(28)39-37(43)47/h3-6,21,23,29-31H,7-20,22,24H2,1-2H3,(H,39,47)/t29-/m0/s1.